The number of aryl methyl sites for hydroxylation is 1. The van der Waals surface area contributed by atoms with Crippen LogP contribution in [0.4, 0.5) is 4.79 Å². The van der Waals surface area contributed by atoms with Crippen LogP contribution in [0.15, 0.2) is 24.3 Å². The molecular weight excluding hydrogens is 636 g/mol. The van der Waals surface area contributed by atoms with E-state index in [1.54, 1.807) is 19.1 Å². The molecule has 3 aliphatic rings. The van der Waals surface area contributed by atoms with E-state index >= 15 is 0 Å². The van der Waals surface area contributed by atoms with Gasteiger partial charge in [0.05, 0.1) is 12.1 Å². The first kappa shape index (κ1) is 35.4. The van der Waals surface area contributed by atoms with Gasteiger partial charge < -0.3 is 39.9 Å². The number of aliphatic carboxylic acids is 1. The molecular formula is C34H44N6O9. The monoisotopic (exact) mass is 680 g/mol. The van der Waals surface area contributed by atoms with Crippen molar-refractivity contribution in [1.82, 2.24) is 30.3 Å². The lowest BCUT2D eigenvalue weighted by atomic mass is 10.0. The van der Waals surface area contributed by atoms with Gasteiger partial charge in [0.1, 0.15) is 23.5 Å². The second-order valence-corrected chi connectivity index (χ2v) is 12.7. The van der Waals surface area contributed by atoms with Crippen molar-refractivity contribution in [2.24, 2.45) is 0 Å². The number of hydrogen-bond acceptors (Lipinski definition) is 9. The van der Waals surface area contributed by atoms with Gasteiger partial charge in [0.15, 0.2) is 6.61 Å². The summed E-state index contributed by atoms with van der Waals surface area (Å²) in [6.07, 6.45) is 3.64. The molecule has 2 atom stereocenters. The van der Waals surface area contributed by atoms with E-state index in [9.17, 15) is 33.9 Å². The molecule has 2 saturated heterocycles. The summed E-state index contributed by atoms with van der Waals surface area (Å²) in [5, 5.41) is 15.6. The second-order valence-electron chi connectivity index (χ2n) is 12.7. The van der Waals surface area contributed by atoms with Crippen molar-refractivity contribution >= 4 is 46.6 Å². The summed E-state index contributed by atoms with van der Waals surface area (Å²) >= 11 is 0. The maximum atomic E-state index is 13.6. The van der Waals surface area contributed by atoms with E-state index in [0.717, 1.165) is 31.2 Å². The molecule has 3 heterocycles. The fourth-order valence-electron chi connectivity index (χ4n) is 6.39. The molecule has 2 unspecified atom stereocenters. The number of fused-ring (bicyclic) bond motifs is 1. The van der Waals surface area contributed by atoms with Crippen molar-refractivity contribution in [2.45, 2.75) is 76.9 Å². The summed E-state index contributed by atoms with van der Waals surface area (Å²) in [5.74, 6) is -2.61. The zero-order valence-electron chi connectivity index (χ0n) is 27.9. The zero-order valence-corrected chi connectivity index (χ0v) is 27.9. The summed E-state index contributed by atoms with van der Waals surface area (Å²) in [7, 11) is 0. The Balaban J connectivity index is 1.28. The third-order valence-corrected chi connectivity index (χ3v) is 9.22. The number of carbonyl (C=O) groups excluding carboxylic acids is 5. The number of benzene rings is 1. The average molecular weight is 681 g/mol. The van der Waals surface area contributed by atoms with Gasteiger partial charge in [-0.1, -0.05) is 18.9 Å². The molecule has 1 aromatic carbocycles. The zero-order chi connectivity index (χ0) is 35.1. The number of nitrogens with zero attached hydrogens (tertiary/aromatic N) is 4. The van der Waals surface area contributed by atoms with Gasteiger partial charge in [-0.3, -0.25) is 24.0 Å². The first-order valence-electron chi connectivity index (χ1n) is 16.9. The Morgan fingerprint density at radius 3 is 2.35 bits per heavy atom. The highest BCUT2D eigenvalue weighted by atomic mass is 16.6. The van der Waals surface area contributed by atoms with Crippen LogP contribution in [0.5, 0.6) is 5.75 Å². The van der Waals surface area contributed by atoms with Crippen molar-refractivity contribution in [1.29, 1.82) is 0 Å². The number of pyridine rings is 1. The molecule has 1 aliphatic carbocycles. The van der Waals surface area contributed by atoms with Crippen molar-refractivity contribution < 1.29 is 43.3 Å². The molecule has 0 bridgehead atoms. The highest BCUT2D eigenvalue weighted by Crippen LogP contribution is 2.28. The van der Waals surface area contributed by atoms with Crippen LogP contribution in [0.3, 0.4) is 0 Å². The predicted molar refractivity (Wildman–Crippen MR) is 176 cm³/mol. The molecule has 49 heavy (non-hydrogen) atoms. The number of hydrogen-bond donors (Lipinski definition) is 3. The standard InChI is InChI=1S/C34H44N6O9/c1-3-48-34(47)39-16-14-38(15-17-39)33(46)24(10-11-30(42)43)37-31(44)26-19-28(23-9-8-21(2)18-25(23)36-26)49-20-29(41)40-13-12-27(40)32(45)35-22-6-4-5-7-22/h8-9,18-19,22,24,27H,3-7,10-17,20H2,1-2H3,(H,35,45)(H,37,44)(H,42,43). The summed E-state index contributed by atoms with van der Waals surface area (Å²) in [6, 6.07) is 5.21. The SMILES string of the molecule is CCOC(=O)N1CCN(C(=O)C(CCC(=O)O)NC(=O)c2cc(OCC(=O)N3CCC3C(=O)NC3CCCC3)c3ccc(C)cc3n2)CC1. The van der Waals surface area contributed by atoms with Crippen LogP contribution in [0.1, 0.15) is 67.9 Å². The molecule has 5 amide bonds. The van der Waals surface area contributed by atoms with Gasteiger partial charge in [0.25, 0.3) is 11.8 Å². The van der Waals surface area contributed by atoms with Gasteiger partial charge in [0.2, 0.25) is 11.8 Å². The quantitative estimate of drug-likeness (QED) is 0.299. The normalized spacial score (nSPS) is 18.4. The summed E-state index contributed by atoms with van der Waals surface area (Å²) in [4.78, 5) is 85.6. The first-order valence-corrected chi connectivity index (χ1v) is 16.9. The van der Waals surface area contributed by atoms with Crippen LogP contribution in [0.2, 0.25) is 0 Å². The Kier molecular flexibility index (Phi) is 11.5. The number of likely N-dealkylation sites (tertiary alicyclic amines) is 1. The number of piperazine rings is 1. The molecule has 1 aromatic heterocycles. The topological polar surface area (TPSA) is 188 Å². The van der Waals surface area contributed by atoms with E-state index in [4.69, 9.17) is 9.47 Å². The Morgan fingerprint density at radius 1 is 0.980 bits per heavy atom. The molecule has 15 nitrogen and oxygen atoms in total. The van der Waals surface area contributed by atoms with Crippen LogP contribution < -0.4 is 15.4 Å². The van der Waals surface area contributed by atoms with Crippen LogP contribution in [0.25, 0.3) is 10.9 Å². The van der Waals surface area contributed by atoms with Gasteiger partial charge in [-0.05, 0) is 57.2 Å². The lowest BCUT2D eigenvalue weighted by Crippen LogP contribution is -2.60. The van der Waals surface area contributed by atoms with Gasteiger partial charge in [-0.25, -0.2) is 9.78 Å². The van der Waals surface area contributed by atoms with E-state index in [1.807, 2.05) is 13.0 Å². The van der Waals surface area contributed by atoms with Gasteiger partial charge in [-0.2, -0.15) is 0 Å². The first-order chi connectivity index (χ1) is 23.5. The van der Waals surface area contributed by atoms with Crippen LogP contribution in [-0.2, 0) is 23.9 Å². The minimum Gasteiger partial charge on any atom is -0.483 e. The minimum absolute atomic E-state index is 0.0847. The van der Waals surface area contributed by atoms with E-state index < -0.39 is 36.0 Å². The van der Waals surface area contributed by atoms with Crippen molar-refractivity contribution in [3.05, 3.63) is 35.5 Å². The smallest absolute Gasteiger partial charge is 0.409 e. The van der Waals surface area contributed by atoms with Crippen molar-refractivity contribution in [3.8, 4) is 5.75 Å². The maximum Gasteiger partial charge on any atom is 0.409 e. The number of amides is 5. The van der Waals surface area contributed by atoms with Crippen LogP contribution in [0, 0.1) is 6.92 Å². The Labute approximate surface area is 284 Å². The number of nitrogens with one attached hydrogen (secondary N) is 2. The molecule has 3 fully saturated rings. The Bertz CT molecular complexity index is 1590. The van der Waals surface area contributed by atoms with Gasteiger partial charge in [0, 0.05) is 56.6 Å². The summed E-state index contributed by atoms with van der Waals surface area (Å²) in [5.41, 5.74) is 1.21. The fraction of sp³-hybridized carbons (Fsp3) is 0.559. The van der Waals surface area contributed by atoms with Crippen molar-refractivity contribution in [3.63, 3.8) is 0 Å². The lowest BCUT2D eigenvalue weighted by Gasteiger charge is -2.40. The number of aromatic nitrogens is 1. The maximum absolute atomic E-state index is 13.6. The fourth-order valence-corrected chi connectivity index (χ4v) is 6.39. The largest absolute Gasteiger partial charge is 0.483 e. The second kappa shape index (κ2) is 16.0. The molecule has 264 valence electrons. The minimum atomic E-state index is -1.17. The molecule has 5 rings (SSSR count). The molecule has 3 N–H and O–H groups in total. The molecule has 1 saturated carbocycles. The van der Waals surface area contributed by atoms with Gasteiger partial charge >= 0.3 is 12.1 Å². The summed E-state index contributed by atoms with van der Waals surface area (Å²) in [6.45, 7) is 4.72. The van der Waals surface area contributed by atoms with E-state index in [1.165, 1.54) is 20.8 Å². The number of carbonyl (C=O) groups is 6. The van der Waals surface area contributed by atoms with Crippen molar-refractivity contribution in [2.75, 3.05) is 45.9 Å². The molecule has 0 radical (unpaired) electrons. The predicted octanol–water partition coefficient (Wildman–Crippen LogP) is 1.85. The number of rotatable bonds is 12. The van der Waals surface area contributed by atoms with Crippen LogP contribution in [-0.4, -0.2) is 125 Å². The third-order valence-electron chi connectivity index (χ3n) is 9.22. The molecule has 15 heteroatoms. The highest BCUT2D eigenvalue weighted by molar-refractivity contribution is 5.99. The molecule has 2 aliphatic heterocycles. The lowest BCUT2D eigenvalue weighted by molar-refractivity contribution is -0.149. The third kappa shape index (κ3) is 8.75. The molecule has 2 aromatic rings. The van der Waals surface area contributed by atoms with Gasteiger partial charge in [-0.15, -0.1) is 0 Å². The summed E-state index contributed by atoms with van der Waals surface area (Å²) < 4.78 is 11.0. The Morgan fingerprint density at radius 2 is 1.69 bits per heavy atom. The molecule has 0 spiro atoms. The van der Waals surface area contributed by atoms with Crippen LogP contribution >= 0.6 is 0 Å². The van der Waals surface area contributed by atoms with E-state index in [2.05, 4.69) is 15.6 Å². The average Bonchev–Trinajstić information content (AvgIpc) is 3.57. The number of carboxylic acid groups (broad SMARTS) is 1. The number of ether oxygens (including phenoxy) is 2. The number of carboxylic acids is 1. The van der Waals surface area contributed by atoms with E-state index in [-0.39, 0.29) is 81.5 Å². The highest BCUT2D eigenvalue weighted by Gasteiger charge is 2.38. The Hall–Kier alpha value is -4.95. The van der Waals surface area contributed by atoms with E-state index in [0.29, 0.717) is 23.9 Å².